The molecular formula is C8H10NO3Rb. The van der Waals surface area contributed by atoms with Crippen molar-refractivity contribution in [2.75, 3.05) is 7.05 Å². The Bertz CT molecular complexity index is 256. The zero-order valence-corrected chi connectivity index (χ0v) is 12.7. The number of ketones is 1. The van der Waals surface area contributed by atoms with E-state index in [2.05, 4.69) is 0 Å². The Hall–Kier alpha value is 0.905. The zero-order chi connectivity index (χ0) is 8.88. The fourth-order valence-electron chi connectivity index (χ4n) is 2.20. The van der Waals surface area contributed by atoms with E-state index in [1.54, 1.807) is 0 Å². The van der Waals surface area contributed by atoms with E-state index in [0.717, 1.165) is 6.42 Å². The van der Waals surface area contributed by atoms with E-state index in [0.29, 0.717) is 6.42 Å². The van der Waals surface area contributed by atoms with Crippen molar-refractivity contribution in [1.29, 1.82) is 0 Å². The number of carbonyl (C=O) groups excluding carboxylic acids is 2. The molecule has 1 aliphatic carbocycles. The van der Waals surface area contributed by atoms with Gasteiger partial charge in [-0.15, -0.1) is 0 Å². The minimum atomic E-state index is -1.21. The Morgan fingerprint density at radius 2 is 2.23 bits per heavy atom. The van der Waals surface area contributed by atoms with Gasteiger partial charge in [-0.25, -0.2) is 0 Å². The Labute approximate surface area is 125 Å². The van der Waals surface area contributed by atoms with Crippen LogP contribution in [0.3, 0.4) is 0 Å². The number of hydrogen-bond acceptors (Lipinski definition) is 4. The number of aliphatic carboxylic acids is 1. The molecule has 0 aromatic carbocycles. The summed E-state index contributed by atoms with van der Waals surface area (Å²) in [6.45, 7) is 0. The first-order valence-electron chi connectivity index (χ1n) is 4.06. The van der Waals surface area contributed by atoms with Crippen molar-refractivity contribution in [2.45, 2.75) is 24.9 Å². The Balaban J connectivity index is 0.000000845. The van der Waals surface area contributed by atoms with Gasteiger partial charge in [-0.2, -0.15) is 0 Å². The maximum absolute atomic E-state index is 11.2. The molecule has 13 heavy (non-hydrogen) atoms. The SMILES string of the molecule is CN1C2CC(=O)C(C(=O)[O-])C1C2.[Rb+]. The first kappa shape index (κ1) is 12.0. The molecule has 3 fully saturated rings. The number of carboxylic acid groups (broad SMARTS) is 1. The second-order valence-electron chi connectivity index (χ2n) is 3.59. The maximum Gasteiger partial charge on any atom is 1.00 e. The predicted octanol–water partition coefficient (Wildman–Crippen LogP) is -4.60. The van der Waals surface area contributed by atoms with Gasteiger partial charge in [0.2, 0.25) is 0 Å². The van der Waals surface area contributed by atoms with Gasteiger partial charge < -0.3 is 9.90 Å². The van der Waals surface area contributed by atoms with Crippen LogP contribution in [0.2, 0.25) is 0 Å². The molecule has 3 rings (SSSR count). The average Bonchev–Trinajstić information content (AvgIpc) is 2.02. The van der Waals surface area contributed by atoms with Crippen LogP contribution in [-0.4, -0.2) is 35.8 Å². The molecule has 0 aromatic heterocycles. The number of carboxylic acids is 1. The number of piperidine rings is 1. The zero-order valence-electron chi connectivity index (χ0n) is 7.82. The molecule has 5 heteroatoms. The summed E-state index contributed by atoms with van der Waals surface area (Å²) in [4.78, 5) is 23.7. The number of nitrogens with zero attached hydrogens (tertiary/aromatic N) is 1. The Kier molecular flexibility index (Phi) is 3.86. The van der Waals surface area contributed by atoms with E-state index in [1.165, 1.54) is 0 Å². The van der Waals surface area contributed by atoms with Gasteiger partial charge in [0.1, 0.15) is 5.78 Å². The largest absolute Gasteiger partial charge is 1.00 e. The van der Waals surface area contributed by atoms with E-state index in [-0.39, 0.29) is 76.1 Å². The monoisotopic (exact) mass is 253 g/mol. The maximum atomic E-state index is 11.2. The molecule has 2 aliphatic heterocycles. The molecule has 0 spiro atoms. The molecule has 0 radical (unpaired) electrons. The average molecular weight is 254 g/mol. The van der Waals surface area contributed by atoms with Crippen molar-refractivity contribution in [1.82, 2.24) is 4.90 Å². The molecule has 0 aromatic rings. The molecule has 4 nitrogen and oxygen atoms in total. The molecule has 3 atom stereocenters. The van der Waals surface area contributed by atoms with Gasteiger partial charge in [0, 0.05) is 18.5 Å². The molecule has 66 valence electrons. The number of Topliss-reactive ketones (excluding diaryl/α,β-unsaturated/α-hetero) is 1. The van der Waals surface area contributed by atoms with Crippen LogP contribution in [0, 0.1) is 5.92 Å². The van der Waals surface area contributed by atoms with Gasteiger partial charge in [0.25, 0.3) is 0 Å². The van der Waals surface area contributed by atoms with Crippen LogP contribution in [0.15, 0.2) is 0 Å². The van der Waals surface area contributed by atoms with Crippen molar-refractivity contribution in [3.63, 3.8) is 0 Å². The third-order valence-electron chi connectivity index (χ3n) is 3.04. The van der Waals surface area contributed by atoms with Gasteiger partial charge in [-0.3, -0.25) is 9.69 Å². The topological polar surface area (TPSA) is 60.4 Å². The Morgan fingerprint density at radius 1 is 1.62 bits per heavy atom. The molecular weight excluding hydrogens is 244 g/mol. The third-order valence-corrected chi connectivity index (χ3v) is 3.04. The summed E-state index contributed by atoms with van der Waals surface area (Å²) < 4.78 is 0. The van der Waals surface area contributed by atoms with Crippen LogP contribution < -0.4 is 63.3 Å². The van der Waals surface area contributed by atoms with Gasteiger partial charge in [-0.1, -0.05) is 0 Å². The summed E-state index contributed by atoms with van der Waals surface area (Å²) in [5.41, 5.74) is 0. The van der Waals surface area contributed by atoms with Crippen LogP contribution >= 0.6 is 0 Å². The number of rotatable bonds is 1. The second kappa shape index (κ2) is 4.19. The fraction of sp³-hybridized carbons (Fsp3) is 0.750. The summed E-state index contributed by atoms with van der Waals surface area (Å²) in [7, 11) is 1.86. The standard InChI is InChI=1S/C8H11NO3.Rb/c1-9-4-2-5(9)7(8(11)12)6(10)3-4;/h4-5,7H,2-3H2,1H3,(H,11,12);/q;+1/p-1. The fourth-order valence-corrected chi connectivity index (χ4v) is 2.20. The summed E-state index contributed by atoms with van der Waals surface area (Å²) >= 11 is 0. The van der Waals surface area contributed by atoms with Crippen LogP contribution in [0.25, 0.3) is 0 Å². The van der Waals surface area contributed by atoms with Crippen LogP contribution in [0.4, 0.5) is 0 Å². The first-order valence-corrected chi connectivity index (χ1v) is 4.06. The summed E-state index contributed by atoms with van der Waals surface area (Å²) in [6.07, 6.45) is 1.21. The third kappa shape index (κ3) is 1.84. The van der Waals surface area contributed by atoms with Crippen molar-refractivity contribution < 1.29 is 72.9 Å². The van der Waals surface area contributed by atoms with E-state index in [9.17, 15) is 14.7 Å². The van der Waals surface area contributed by atoms with Crippen molar-refractivity contribution in [3.8, 4) is 0 Å². The van der Waals surface area contributed by atoms with Gasteiger partial charge in [0.05, 0.1) is 11.9 Å². The van der Waals surface area contributed by atoms with Gasteiger partial charge in [0.15, 0.2) is 0 Å². The summed E-state index contributed by atoms with van der Waals surface area (Å²) in [5, 5.41) is 10.6. The minimum absolute atomic E-state index is 0. The normalized spacial score (nSPS) is 37.6. The minimum Gasteiger partial charge on any atom is -0.549 e. The molecule has 2 heterocycles. The summed E-state index contributed by atoms with van der Waals surface area (Å²) in [6, 6.07) is 0.194. The van der Waals surface area contributed by atoms with E-state index in [1.807, 2.05) is 11.9 Å². The number of hydrogen-bond donors (Lipinski definition) is 0. The van der Waals surface area contributed by atoms with Crippen LogP contribution in [0.1, 0.15) is 12.8 Å². The van der Waals surface area contributed by atoms with E-state index >= 15 is 0 Å². The van der Waals surface area contributed by atoms with Crippen molar-refractivity contribution >= 4 is 11.8 Å². The predicted molar refractivity (Wildman–Crippen MR) is 38.1 cm³/mol. The van der Waals surface area contributed by atoms with Crippen molar-refractivity contribution in [3.05, 3.63) is 0 Å². The van der Waals surface area contributed by atoms with Gasteiger partial charge >= 0.3 is 58.2 Å². The Morgan fingerprint density at radius 3 is 2.62 bits per heavy atom. The number of carbonyl (C=O) groups is 2. The molecule has 0 N–H and O–H groups in total. The molecule has 3 aliphatic rings. The van der Waals surface area contributed by atoms with Crippen molar-refractivity contribution in [2.24, 2.45) is 5.92 Å². The molecule has 2 saturated heterocycles. The smallest absolute Gasteiger partial charge is 0.549 e. The van der Waals surface area contributed by atoms with Crippen LogP contribution in [0.5, 0.6) is 0 Å². The van der Waals surface area contributed by atoms with E-state index in [4.69, 9.17) is 0 Å². The molecule has 1 saturated carbocycles. The number of fused-ring (bicyclic) bond motifs is 2. The van der Waals surface area contributed by atoms with Crippen LogP contribution in [-0.2, 0) is 9.59 Å². The van der Waals surface area contributed by atoms with E-state index < -0.39 is 11.9 Å². The molecule has 2 bridgehead atoms. The molecule has 0 amide bonds. The van der Waals surface area contributed by atoms with Gasteiger partial charge in [-0.05, 0) is 13.5 Å². The second-order valence-corrected chi connectivity index (χ2v) is 3.59. The molecule has 3 unspecified atom stereocenters. The quantitative estimate of drug-likeness (QED) is 0.442. The summed E-state index contributed by atoms with van der Waals surface area (Å²) in [5.74, 6) is -2.25. The first-order chi connectivity index (χ1) is 5.61.